The van der Waals surface area contributed by atoms with E-state index in [9.17, 15) is 18.0 Å². The number of hydrogen-bond acceptors (Lipinski definition) is 5. The molecule has 7 nitrogen and oxygen atoms in total. The average molecular weight is 414 g/mol. The molecule has 1 aliphatic heterocycles. The predicted octanol–water partition coefficient (Wildman–Crippen LogP) is 2.49. The Labute approximate surface area is 169 Å². The van der Waals surface area contributed by atoms with Gasteiger partial charge in [0.15, 0.2) is 0 Å². The molecule has 1 unspecified atom stereocenters. The van der Waals surface area contributed by atoms with Gasteiger partial charge in [-0.05, 0) is 56.2 Å². The van der Waals surface area contributed by atoms with Crippen LogP contribution in [-0.4, -0.2) is 43.7 Å². The van der Waals surface area contributed by atoms with Crippen LogP contribution in [-0.2, 0) is 19.6 Å². The smallest absolute Gasteiger partial charge is 0.252 e. The summed E-state index contributed by atoms with van der Waals surface area (Å²) in [5.74, 6) is -0.345. The van der Waals surface area contributed by atoms with Gasteiger partial charge in [-0.25, -0.2) is 13.3 Å². The highest BCUT2D eigenvalue weighted by atomic mass is 32.2. The second-order valence-corrected chi connectivity index (χ2v) is 9.21. The van der Waals surface area contributed by atoms with Crippen LogP contribution in [0.15, 0.2) is 53.4 Å². The molecule has 1 saturated heterocycles. The molecule has 1 atom stereocenters. The minimum atomic E-state index is -3.94. The molecule has 29 heavy (non-hydrogen) atoms. The molecule has 2 aromatic carbocycles. The monoisotopic (exact) mass is 414 g/mol. The molecular weight excluding hydrogens is 392 g/mol. The van der Waals surface area contributed by atoms with E-state index >= 15 is 0 Å². The maximum atomic E-state index is 13.3. The Morgan fingerprint density at radius 2 is 1.62 bits per heavy atom. The summed E-state index contributed by atoms with van der Waals surface area (Å²) in [6.07, 6.45) is 1.20. The Morgan fingerprint density at radius 3 is 2.17 bits per heavy atom. The van der Waals surface area contributed by atoms with Crippen molar-refractivity contribution in [3.8, 4) is 5.75 Å². The van der Waals surface area contributed by atoms with Crippen LogP contribution in [0.1, 0.15) is 24.8 Å². The molecule has 2 aliphatic rings. The molecule has 152 valence electrons. The third kappa shape index (κ3) is 3.54. The van der Waals surface area contributed by atoms with Gasteiger partial charge in [-0.1, -0.05) is 17.7 Å². The van der Waals surface area contributed by atoms with E-state index in [1.165, 1.54) is 23.5 Å². The summed E-state index contributed by atoms with van der Waals surface area (Å²) >= 11 is 0. The maximum Gasteiger partial charge on any atom is 0.252 e. The number of amides is 2. The number of rotatable bonds is 6. The summed E-state index contributed by atoms with van der Waals surface area (Å²) in [4.78, 5) is 27.0. The largest absolute Gasteiger partial charge is 0.497 e. The van der Waals surface area contributed by atoms with E-state index in [0.717, 1.165) is 10.5 Å². The number of benzene rings is 2. The summed E-state index contributed by atoms with van der Waals surface area (Å²) in [5, 5.41) is 0. The van der Waals surface area contributed by atoms with Crippen LogP contribution in [0.25, 0.3) is 0 Å². The molecule has 0 spiro atoms. The van der Waals surface area contributed by atoms with Crippen LogP contribution in [0.4, 0.5) is 5.69 Å². The topological polar surface area (TPSA) is 84.0 Å². The highest BCUT2D eigenvalue weighted by molar-refractivity contribution is 7.89. The number of nitrogens with zero attached hydrogens (tertiary/aromatic N) is 2. The normalized spacial score (nSPS) is 19.8. The Hall–Kier alpha value is -2.71. The van der Waals surface area contributed by atoms with E-state index in [1.54, 1.807) is 24.3 Å². The van der Waals surface area contributed by atoms with Crippen LogP contribution < -0.4 is 9.64 Å². The zero-order valence-corrected chi connectivity index (χ0v) is 17.1. The number of ether oxygens (including phenoxy) is 1. The lowest BCUT2D eigenvalue weighted by molar-refractivity contribution is -0.122. The molecule has 0 bridgehead atoms. The highest BCUT2D eigenvalue weighted by Crippen LogP contribution is 2.38. The number of anilines is 1. The van der Waals surface area contributed by atoms with Gasteiger partial charge in [-0.15, -0.1) is 0 Å². The Morgan fingerprint density at radius 1 is 1.00 bits per heavy atom. The molecule has 0 N–H and O–H groups in total. The fourth-order valence-electron chi connectivity index (χ4n) is 3.60. The summed E-state index contributed by atoms with van der Waals surface area (Å²) < 4.78 is 33.0. The lowest BCUT2D eigenvalue weighted by atomic mass is 10.2. The number of hydrogen-bond donors (Lipinski definition) is 0. The van der Waals surface area contributed by atoms with Crippen molar-refractivity contribution in [3.05, 3.63) is 54.1 Å². The summed E-state index contributed by atoms with van der Waals surface area (Å²) in [6.45, 7) is 1.91. The van der Waals surface area contributed by atoms with Gasteiger partial charge in [0.2, 0.25) is 15.9 Å². The van der Waals surface area contributed by atoms with Crippen LogP contribution >= 0.6 is 0 Å². The van der Waals surface area contributed by atoms with Crippen molar-refractivity contribution in [2.24, 2.45) is 0 Å². The van der Waals surface area contributed by atoms with Gasteiger partial charge in [-0.2, -0.15) is 4.31 Å². The van der Waals surface area contributed by atoms with Crippen molar-refractivity contribution < 1.29 is 22.7 Å². The van der Waals surface area contributed by atoms with Crippen LogP contribution in [0, 0.1) is 6.92 Å². The van der Waals surface area contributed by atoms with Crippen molar-refractivity contribution in [1.29, 1.82) is 0 Å². The van der Waals surface area contributed by atoms with E-state index in [2.05, 4.69) is 0 Å². The third-order valence-electron chi connectivity index (χ3n) is 5.26. The van der Waals surface area contributed by atoms with E-state index in [0.29, 0.717) is 24.3 Å². The van der Waals surface area contributed by atoms with E-state index in [-0.39, 0.29) is 23.3 Å². The fourth-order valence-corrected chi connectivity index (χ4v) is 5.42. The van der Waals surface area contributed by atoms with Gasteiger partial charge in [-0.3, -0.25) is 9.59 Å². The number of carbonyl (C=O) groups excluding carboxylic acids is 2. The van der Waals surface area contributed by atoms with Crippen LogP contribution in [0.3, 0.4) is 0 Å². The van der Waals surface area contributed by atoms with Gasteiger partial charge in [0, 0.05) is 6.04 Å². The minimum Gasteiger partial charge on any atom is -0.497 e. The molecule has 2 aromatic rings. The lowest BCUT2D eigenvalue weighted by Crippen LogP contribution is -2.46. The molecule has 0 radical (unpaired) electrons. The summed E-state index contributed by atoms with van der Waals surface area (Å²) in [5.41, 5.74) is 1.47. The first-order chi connectivity index (χ1) is 13.8. The number of imide groups is 1. The molecule has 4 rings (SSSR count). The van der Waals surface area contributed by atoms with Crippen molar-refractivity contribution in [2.75, 3.05) is 12.0 Å². The molecule has 1 saturated carbocycles. The highest BCUT2D eigenvalue weighted by Gasteiger charge is 2.51. The first-order valence-corrected chi connectivity index (χ1v) is 10.9. The van der Waals surface area contributed by atoms with Crippen molar-refractivity contribution in [3.63, 3.8) is 0 Å². The number of methoxy groups -OCH3 is 1. The molecule has 8 heteroatoms. The molecule has 2 amide bonds. The zero-order valence-electron chi connectivity index (χ0n) is 16.2. The van der Waals surface area contributed by atoms with Gasteiger partial charge in [0.1, 0.15) is 11.8 Å². The lowest BCUT2D eigenvalue weighted by Gasteiger charge is -2.26. The fraction of sp³-hybridized carbons (Fsp3) is 0.333. The van der Waals surface area contributed by atoms with Crippen molar-refractivity contribution in [1.82, 2.24) is 4.31 Å². The van der Waals surface area contributed by atoms with Crippen LogP contribution in [0.5, 0.6) is 5.75 Å². The Balaban J connectivity index is 1.67. The SMILES string of the molecule is COc1ccc(S(=O)(=O)N(C2CC2)C2CC(=O)N(c3ccc(C)cc3)C2=O)cc1. The average Bonchev–Trinajstić information content (AvgIpc) is 3.49. The quantitative estimate of drug-likeness (QED) is 0.678. The third-order valence-corrected chi connectivity index (χ3v) is 7.24. The number of sulfonamides is 1. The van der Waals surface area contributed by atoms with Gasteiger partial charge >= 0.3 is 0 Å². The van der Waals surface area contributed by atoms with Crippen molar-refractivity contribution >= 4 is 27.5 Å². The van der Waals surface area contributed by atoms with Gasteiger partial charge < -0.3 is 4.74 Å². The molecule has 2 fully saturated rings. The first kappa shape index (κ1) is 19.6. The standard InChI is InChI=1S/C21H22N2O5S/c1-14-3-5-15(6-4-14)22-20(24)13-19(21(22)25)23(16-7-8-16)29(26,27)18-11-9-17(28-2)10-12-18/h3-6,9-12,16,19H,7-8,13H2,1-2H3. The maximum absolute atomic E-state index is 13.3. The summed E-state index contributed by atoms with van der Waals surface area (Å²) in [7, 11) is -2.43. The molecule has 1 aliphatic carbocycles. The molecule has 1 heterocycles. The van der Waals surface area contributed by atoms with E-state index in [4.69, 9.17) is 4.74 Å². The second-order valence-electron chi connectivity index (χ2n) is 7.36. The first-order valence-electron chi connectivity index (χ1n) is 9.44. The number of aryl methyl sites for hydroxylation is 1. The minimum absolute atomic E-state index is 0.0826. The Kier molecular flexibility index (Phi) is 4.92. The zero-order chi connectivity index (χ0) is 20.8. The van der Waals surface area contributed by atoms with Crippen molar-refractivity contribution in [2.45, 2.75) is 43.2 Å². The van der Waals surface area contributed by atoms with Gasteiger partial charge in [0.05, 0.1) is 24.1 Å². The number of carbonyl (C=O) groups is 2. The molecular formula is C21H22N2O5S. The van der Waals surface area contributed by atoms with E-state index < -0.39 is 22.0 Å². The molecule has 0 aromatic heterocycles. The van der Waals surface area contributed by atoms with E-state index in [1.807, 2.05) is 19.1 Å². The van der Waals surface area contributed by atoms with Gasteiger partial charge in [0.25, 0.3) is 5.91 Å². The van der Waals surface area contributed by atoms with Crippen LogP contribution in [0.2, 0.25) is 0 Å². The summed E-state index contributed by atoms with van der Waals surface area (Å²) in [6, 6.07) is 11.8. The Bertz CT molecular complexity index is 1040. The second kappa shape index (κ2) is 7.27. The predicted molar refractivity (Wildman–Crippen MR) is 107 cm³/mol.